The monoisotopic (exact) mass is 570 g/mol. The van der Waals surface area contributed by atoms with Crippen LogP contribution in [-0.4, -0.2) is 6.88 Å². The van der Waals surface area contributed by atoms with Crippen LogP contribution in [0.25, 0.3) is 10.8 Å². The minimum absolute atomic E-state index is 0. The molecular weight excluding hydrogens is 554 g/mol. The van der Waals surface area contributed by atoms with Gasteiger partial charge in [-0.3, -0.25) is 6.08 Å². The normalized spacial score (nSPS) is 9.65. The number of aryl methyl sites for hydroxylation is 1. The molecule has 0 aromatic heterocycles. The van der Waals surface area contributed by atoms with Gasteiger partial charge in [0.1, 0.15) is 0 Å². The topological polar surface area (TPSA) is 0 Å². The van der Waals surface area contributed by atoms with Crippen LogP contribution in [0.3, 0.4) is 0 Å². The summed E-state index contributed by atoms with van der Waals surface area (Å²) in [6, 6.07) is 8.57. The van der Waals surface area contributed by atoms with E-state index in [4.69, 9.17) is 0 Å². The van der Waals surface area contributed by atoms with Crippen LogP contribution in [0.1, 0.15) is 12.0 Å². The van der Waals surface area contributed by atoms with Crippen molar-refractivity contribution in [3.8, 4) is 0 Å². The number of benzene rings is 1. The molecule has 2 aromatic carbocycles. The Kier molecular flexibility index (Phi) is 24.5. The molecule has 0 bridgehead atoms. The average Bonchev–Trinajstić information content (AvgIpc) is 3.03. The Balaban J connectivity index is -0.000000143. The van der Waals surface area contributed by atoms with Crippen molar-refractivity contribution in [1.29, 1.82) is 0 Å². The molecule has 0 atom stereocenters. The van der Waals surface area contributed by atoms with Gasteiger partial charge in [-0.25, -0.2) is 12.2 Å². The van der Waals surface area contributed by atoms with E-state index in [-0.39, 0.29) is 39.7 Å². The summed E-state index contributed by atoms with van der Waals surface area (Å²) in [6.45, 7) is 5.17. The SMILES string of the molecule is Cc1cc2c(Br)cc(Br)cc2[cH-]1.Cl.Cl.[C-]1=CC=CC1.[CH3-].[CH3-].[Si]=[Zr]. The van der Waals surface area contributed by atoms with Crippen molar-refractivity contribution in [3.63, 3.8) is 0 Å². The van der Waals surface area contributed by atoms with Crippen LogP contribution in [-0.2, 0) is 23.3 Å². The van der Waals surface area contributed by atoms with Crippen molar-refractivity contribution in [3.05, 3.63) is 77.9 Å². The van der Waals surface area contributed by atoms with E-state index in [1.807, 2.05) is 12.2 Å². The zero-order chi connectivity index (χ0) is 14.3. The Labute approximate surface area is 187 Å². The summed E-state index contributed by atoms with van der Waals surface area (Å²) >= 11 is 8.35. The quantitative estimate of drug-likeness (QED) is 0.234. The van der Waals surface area contributed by atoms with E-state index in [2.05, 4.69) is 82.1 Å². The molecule has 0 spiro atoms. The Bertz CT molecular complexity index is 600. The molecule has 2 radical (unpaired) electrons. The summed E-state index contributed by atoms with van der Waals surface area (Å²) in [7, 11) is 0. The van der Waals surface area contributed by atoms with Crippen molar-refractivity contribution in [2.45, 2.75) is 13.3 Å². The number of hydrogen-bond acceptors (Lipinski definition) is 0. The first-order chi connectivity index (χ1) is 9.16. The molecular formula is C17H20Br2Cl2SiZr-4. The van der Waals surface area contributed by atoms with E-state index < -0.39 is 0 Å². The summed E-state index contributed by atoms with van der Waals surface area (Å²) in [5, 5.41) is 2.57. The molecule has 1 aliphatic carbocycles. The van der Waals surface area contributed by atoms with Crippen molar-refractivity contribution in [2.24, 2.45) is 0 Å². The molecule has 3 rings (SSSR count). The van der Waals surface area contributed by atoms with E-state index in [0.717, 1.165) is 15.4 Å². The van der Waals surface area contributed by atoms with Crippen LogP contribution in [0.2, 0.25) is 0 Å². The Hall–Kier alpha value is 0.950. The number of halogens is 4. The maximum atomic E-state index is 3.53. The van der Waals surface area contributed by atoms with Gasteiger partial charge in [-0.05, 0) is 8.95 Å². The third-order valence-corrected chi connectivity index (χ3v) is 3.58. The molecule has 0 heterocycles. The van der Waals surface area contributed by atoms with E-state index in [1.54, 1.807) is 0 Å². The van der Waals surface area contributed by atoms with Gasteiger partial charge in [-0.2, -0.15) is 12.1 Å². The third kappa shape index (κ3) is 11.2. The maximum absolute atomic E-state index is 3.53. The predicted molar refractivity (Wildman–Crippen MR) is 114 cm³/mol. The average molecular weight is 574 g/mol. The van der Waals surface area contributed by atoms with Crippen molar-refractivity contribution < 1.29 is 23.3 Å². The van der Waals surface area contributed by atoms with Gasteiger partial charge in [0, 0.05) is 0 Å². The molecule has 2 aromatic rings. The molecule has 0 aliphatic heterocycles. The molecule has 0 amide bonds. The van der Waals surface area contributed by atoms with Gasteiger partial charge in [0.15, 0.2) is 0 Å². The van der Waals surface area contributed by atoms with Crippen LogP contribution >= 0.6 is 56.7 Å². The van der Waals surface area contributed by atoms with Crippen LogP contribution in [0.15, 0.2) is 51.4 Å². The zero-order valence-corrected chi connectivity index (χ0v) is 21.6. The summed E-state index contributed by atoms with van der Waals surface area (Å²) in [5.41, 5.74) is 1.31. The number of fused-ring (bicyclic) bond motifs is 1. The van der Waals surface area contributed by atoms with Gasteiger partial charge in [0.2, 0.25) is 0 Å². The second-order valence-electron chi connectivity index (χ2n) is 3.93. The van der Waals surface area contributed by atoms with E-state index in [1.165, 1.54) is 39.7 Å². The van der Waals surface area contributed by atoms with Gasteiger partial charge in [-0.1, -0.05) is 44.8 Å². The van der Waals surface area contributed by atoms with E-state index in [9.17, 15) is 0 Å². The van der Waals surface area contributed by atoms with Crippen LogP contribution in [0.5, 0.6) is 0 Å². The molecule has 0 N–H and O–H groups in total. The minimum atomic E-state index is 0. The molecule has 0 fully saturated rings. The van der Waals surface area contributed by atoms with Gasteiger partial charge < -0.3 is 14.9 Å². The molecule has 128 valence electrons. The summed E-state index contributed by atoms with van der Waals surface area (Å²) in [6.07, 6.45) is 10.0. The molecule has 0 unspecified atom stereocenters. The standard InChI is InChI=1S/C10H7Br2.C5H5.2CH3.2ClH.Si.Zr/c1-6-2-7-4-8(11)5-10(12)9(7)3-6;1-2-4-5-3-1;;;;;;/h2-5H,1H3;1-3H,4H2;2*1H3;2*1H;;/q4*-1;;;;. The van der Waals surface area contributed by atoms with Gasteiger partial charge in [0.25, 0.3) is 0 Å². The number of rotatable bonds is 0. The van der Waals surface area contributed by atoms with Crippen molar-refractivity contribution in [1.82, 2.24) is 0 Å². The Morgan fingerprint density at radius 3 is 2.17 bits per heavy atom. The first kappa shape index (κ1) is 31.7. The van der Waals surface area contributed by atoms with Crippen LogP contribution in [0, 0.1) is 27.9 Å². The van der Waals surface area contributed by atoms with E-state index >= 15 is 0 Å². The number of hydrogen-bond donors (Lipinski definition) is 0. The first-order valence-corrected chi connectivity index (χ1v) is 11.4. The van der Waals surface area contributed by atoms with Gasteiger partial charge in [-0.15, -0.1) is 59.7 Å². The second kappa shape index (κ2) is 17.8. The van der Waals surface area contributed by atoms with Crippen molar-refractivity contribution in [2.75, 3.05) is 0 Å². The first-order valence-electron chi connectivity index (χ1n) is 5.65. The molecule has 1 aliphatic rings. The van der Waals surface area contributed by atoms with Crippen LogP contribution in [0.4, 0.5) is 0 Å². The Morgan fingerprint density at radius 2 is 1.74 bits per heavy atom. The second-order valence-corrected chi connectivity index (χ2v) is 5.70. The summed E-state index contributed by atoms with van der Waals surface area (Å²) < 4.78 is 2.27. The third-order valence-electron chi connectivity index (χ3n) is 2.47. The zero-order valence-electron chi connectivity index (χ0n) is 13.3. The summed E-state index contributed by atoms with van der Waals surface area (Å²) in [5.74, 6) is 0. The fraction of sp³-hybridized carbons (Fsp3) is 0.118. The molecule has 0 saturated heterocycles. The Morgan fingerprint density at radius 1 is 1.13 bits per heavy atom. The predicted octanol–water partition coefficient (Wildman–Crippen LogP) is 7.06. The molecule has 0 nitrogen and oxygen atoms in total. The van der Waals surface area contributed by atoms with Gasteiger partial charge in [0.05, 0.1) is 0 Å². The fourth-order valence-electron chi connectivity index (χ4n) is 1.73. The van der Waals surface area contributed by atoms with E-state index in [0.29, 0.717) is 0 Å². The molecule has 6 heteroatoms. The molecule has 0 saturated carbocycles. The summed E-state index contributed by atoms with van der Waals surface area (Å²) in [4.78, 5) is 0. The molecule has 23 heavy (non-hydrogen) atoms. The van der Waals surface area contributed by atoms with Crippen LogP contribution < -0.4 is 0 Å². The number of allylic oxidation sites excluding steroid dienone is 4. The fourth-order valence-corrected chi connectivity index (χ4v) is 3.10. The van der Waals surface area contributed by atoms with Gasteiger partial charge >= 0.3 is 30.2 Å². The van der Waals surface area contributed by atoms with Crippen molar-refractivity contribution >= 4 is 74.3 Å².